The van der Waals surface area contributed by atoms with Gasteiger partial charge in [-0.25, -0.2) is 4.79 Å². The highest BCUT2D eigenvalue weighted by Crippen LogP contribution is 2.29. The Morgan fingerprint density at radius 3 is 2.41 bits per heavy atom. The van der Waals surface area contributed by atoms with E-state index >= 15 is 0 Å². The molecule has 0 amide bonds. The summed E-state index contributed by atoms with van der Waals surface area (Å²) in [5, 5.41) is 14.5. The van der Waals surface area contributed by atoms with Gasteiger partial charge in [0.25, 0.3) is 0 Å². The molecule has 2 aromatic carbocycles. The molecule has 32 heavy (non-hydrogen) atoms. The summed E-state index contributed by atoms with van der Waals surface area (Å²) < 4.78 is 3.80. The maximum Gasteiger partial charge on any atom is 0.328 e. The van der Waals surface area contributed by atoms with E-state index in [0.717, 1.165) is 53.8 Å². The normalized spacial score (nSPS) is 11.2. The zero-order chi connectivity index (χ0) is 22.3. The highest BCUT2D eigenvalue weighted by atomic mass is 16.1. The first kappa shape index (κ1) is 21.7. The highest BCUT2D eigenvalue weighted by molar-refractivity contribution is 5.80. The van der Waals surface area contributed by atoms with Gasteiger partial charge in [0.1, 0.15) is 0 Å². The molecule has 0 aliphatic heterocycles. The summed E-state index contributed by atoms with van der Waals surface area (Å²) in [6, 6.07) is 16.4. The lowest BCUT2D eigenvalue weighted by Gasteiger charge is -2.10. The Labute approximate surface area is 188 Å². The van der Waals surface area contributed by atoms with Gasteiger partial charge in [-0.05, 0) is 41.2 Å². The Kier molecular flexibility index (Phi) is 6.94. The van der Waals surface area contributed by atoms with Crippen molar-refractivity contribution in [1.82, 2.24) is 29.8 Å². The number of rotatable bonds is 10. The minimum atomic E-state index is 0.0878. The third-order valence-electron chi connectivity index (χ3n) is 5.75. The SMILES string of the molecule is CCCCCc1cn(CCC)c(=O)n1Cc1ccc(-c2ccccc2-c2nn[nH]n2)cc1. The third kappa shape index (κ3) is 4.72. The molecule has 0 spiro atoms. The first-order chi connectivity index (χ1) is 15.7. The molecular weight excluding hydrogens is 400 g/mol. The molecule has 7 nitrogen and oxygen atoms in total. The molecule has 0 saturated carbocycles. The van der Waals surface area contributed by atoms with Crippen LogP contribution >= 0.6 is 0 Å². The van der Waals surface area contributed by atoms with Crippen molar-refractivity contribution in [2.75, 3.05) is 0 Å². The van der Waals surface area contributed by atoms with E-state index in [2.05, 4.69) is 71.0 Å². The standard InChI is InChI=1S/C25H30N6O/c1-3-5-6-9-21-18-30(16-4-2)25(32)31(21)17-19-12-14-20(15-13-19)22-10-7-8-11-23(22)24-26-28-29-27-24/h7-8,10-15,18H,3-6,9,16-17H2,1-2H3,(H,26,27,28,29). The predicted molar refractivity (Wildman–Crippen MR) is 126 cm³/mol. The van der Waals surface area contributed by atoms with Crippen LogP contribution in [0, 0.1) is 0 Å². The number of hydrogen-bond acceptors (Lipinski definition) is 4. The largest absolute Gasteiger partial charge is 0.328 e. The van der Waals surface area contributed by atoms with Crippen LogP contribution < -0.4 is 5.69 Å². The lowest BCUT2D eigenvalue weighted by atomic mass is 9.98. The second-order valence-electron chi connectivity index (χ2n) is 8.12. The fourth-order valence-electron chi connectivity index (χ4n) is 4.09. The van der Waals surface area contributed by atoms with Crippen LogP contribution in [0.15, 0.2) is 59.5 Å². The van der Waals surface area contributed by atoms with Crippen LogP contribution in [0.2, 0.25) is 0 Å². The lowest BCUT2D eigenvalue weighted by Crippen LogP contribution is -2.25. The molecule has 0 aliphatic carbocycles. The average Bonchev–Trinajstić information content (AvgIpc) is 3.45. The number of aryl methyl sites for hydroxylation is 2. The molecule has 0 aliphatic rings. The van der Waals surface area contributed by atoms with Gasteiger partial charge in [-0.2, -0.15) is 5.21 Å². The third-order valence-corrected chi connectivity index (χ3v) is 5.75. The van der Waals surface area contributed by atoms with E-state index in [1.807, 2.05) is 27.3 Å². The summed E-state index contributed by atoms with van der Waals surface area (Å²) in [6.45, 7) is 5.65. The molecule has 1 N–H and O–H groups in total. The van der Waals surface area contributed by atoms with Gasteiger partial charge in [-0.1, -0.05) is 75.2 Å². The fraction of sp³-hybridized carbons (Fsp3) is 0.360. The molecule has 4 aromatic rings. The number of nitrogens with one attached hydrogen (secondary N) is 1. The van der Waals surface area contributed by atoms with Crippen LogP contribution in [0.25, 0.3) is 22.5 Å². The van der Waals surface area contributed by atoms with E-state index in [1.165, 1.54) is 12.8 Å². The molecule has 0 atom stereocenters. The Bertz CT molecular complexity index is 1190. The van der Waals surface area contributed by atoms with Crippen LogP contribution in [0.5, 0.6) is 0 Å². The minimum absolute atomic E-state index is 0.0878. The van der Waals surface area contributed by atoms with Crippen LogP contribution in [0.3, 0.4) is 0 Å². The van der Waals surface area contributed by atoms with Crippen molar-refractivity contribution < 1.29 is 0 Å². The van der Waals surface area contributed by atoms with Crippen molar-refractivity contribution in [2.45, 2.75) is 59.0 Å². The molecule has 2 aromatic heterocycles. The monoisotopic (exact) mass is 430 g/mol. The van der Waals surface area contributed by atoms with E-state index in [4.69, 9.17) is 0 Å². The van der Waals surface area contributed by atoms with Crippen molar-refractivity contribution in [1.29, 1.82) is 0 Å². The number of aromatic amines is 1. The van der Waals surface area contributed by atoms with E-state index in [0.29, 0.717) is 12.4 Å². The quantitative estimate of drug-likeness (QED) is 0.370. The number of H-pyrrole nitrogens is 1. The average molecular weight is 431 g/mol. The molecule has 0 saturated heterocycles. The molecule has 2 heterocycles. The van der Waals surface area contributed by atoms with Gasteiger partial charge in [0.15, 0.2) is 0 Å². The zero-order valence-corrected chi connectivity index (χ0v) is 18.8. The maximum absolute atomic E-state index is 13.0. The summed E-state index contributed by atoms with van der Waals surface area (Å²) in [7, 11) is 0. The number of nitrogens with zero attached hydrogens (tertiary/aromatic N) is 5. The molecular formula is C25H30N6O. The van der Waals surface area contributed by atoms with Crippen LogP contribution in [0.4, 0.5) is 0 Å². The number of imidazole rings is 1. The molecule has 0 unspecified atom stereocenters. The topological polar surface area (TPSA) is 81.4 Å². The number of benzene rings is 2. The first-order valence-corrected chi connectivity index (χ1v) is 11.4. The predicted octanol–water partition coefficient (Wildman–Crippen LogP) is 4.69. The molecule has 4 rings (SSSR count). The highest BCUT2D eigenvalue weighted by Gasteiger charge is 2.13. The molecule has 7 heteroatoms. The summed E-state index contributed by atoms with van der Waals surface area (Å²) in [6.07, 6.45) is 7.41. The molecule has 0 fully saturated rings. The zero-order valence-electron chi connectivity index (χ0n) is 18.8. The number of hydrogen-bond donors (Lipinski definition) is 1. The summed E-state index contributed by atoms with van der Waals surface area (Å²) >= 11 is 0. The van der Waals surface area contributed by atoms with Crippen molar-refractivity contribution in [3.8, 4) is 22.5 Å². The van der Waals surface area contributed by atoms with Crippen LogP contribution in [-0.4, -0.2) is 29.8 Å². The summed E-state index contributed by atoms with van der Waals surface area (Å²) in [4.78, 5) is 13.0. The van der Waals surface area contributed by atoms with E-state index in [9.17, 15) is 4.79 Å². The van der Waals surface area contributed by atoms with Crippen LogP contribution in [0.1, 0.15) is 50.8 Å². The van der Waals surface area contributed by atoms with Crippen molar-refractivity contribution in [3.05, 3.63) is 76.5 Å². The fourth-order valence-corrected chi connectivity index (χ4v) is 4.09. The van der Waals surface area contributed by atoms with Gasteiger partial charge in [-0.15, -0.1) is 10.2 Å². The minimum Gasteiger partial charge on any atom is -0.299 e. The Hall–Kier alpha value is -3.48. The van der Waals surface area contributed by atoms with Crippen LogP contribution in [-0.2, 0) is 19.5 Å². The number of tetrazole rings is 1. The molecule has 0 radical (unpaired) electrons. The molecule has 166 valence electrons. The van der Waals surface area contributed by atoms with Gasteiger partial charge in [0.05, 0.1) is 6.54 Å². The molecule has 0 bridgehead atoms. The summed E-state index contributed by atoms with van der Waals surface area (Å²) in [5.41, 5.74) is 5.38. The van der Waals surface area contributed by atoms with E-state index < -0.39 is 0 Å². The van der Waals surface area contributed by atoms with E-state index in [1.54, 1.807) is 0 Å². The van der Waals surface area contributed by atoms with Crippen molar-refractivity contribution >= 4 is 0 Å². The summed E-state index contributed by atoms with van der Waals surface area (Å²) in [5.74, 6) is 0.574. The second kappa shape index (κ2) is 10.2. The number of aromatic nitrogens is 6. The van der Waals surface area contributed by atoms with Gasteiger partial charge in [-0.3, -0.25) is 9.13 Å². The smallest absolute Gasteiger partial charge is 0.299 e. The maximum atomic E-state index is 13.0. The van der Waals surface area contributed by atoms with Crippen molar-refractivity contribution in [2.24, 2.45) is 0 Å². The number of unbranched alkanes of at least 4 members (excludes halogenated alkanes) is 2. The van der Waals surface area contributed by atoms with Gasteiger partial charge in [0.2, 0.25) is 5.82 Å². The van der Waals surface area contributed by atoms with Gasteiger partial charge >= 0.3 is 5.69 Å². The lowest BCUT2D eigenvalue weighted by molar-refractivity contribution is 0.615. The van der Waals surface area contributed by atoms with Crippen molar-refractivity contribution in [3.63, 3.8) is 0 Å². The van der Waals surface area contributed by atoms with Gasteiger partial charge < -0.3 is 0 Å². The van der Waals surface area contributed by atoms with Gasteiger partial charge in [0, 0.05) is 24.0 Å². The first-order valence-electron chi connectivity index (χ1n) is 11.4. The second-order valence-corrected chi connectivity index (χ2v) is 8.12. The van der Waals surface area contributed by atoms with E-state index in [-0.39, 0.29) is 5.69 Å². The Morgan fingerprint density at radius 2 is 1.72 bits per heavy atom. The Morgan fingerprint density at radius 1 is 0.938 bits per heavy atom. The Balaban J connectivity index is 1.59.